The molecule has 2 aromatic rings. The van der Waals surface area contributed by atoms with E-state index < -0.39 is 0 Å². The SMILES string of the molecule is Cc1cncc(OCc2ccccc2)c1F. The van der Waals surface area contributed by atoms with Gasteiger partial charge in [-0.1, -0.05) is 30.3 Å². The number of nitrogens with zero attached hydrogens (tertiary/aromatic N) is 1. The van der Waals surface area contributed by atoms with Gasteiger partial charge in [0.05, 0.1) is 6.20 Å². The first-order valence-corrected chi connectivity index (χ1v) is 5.04. The van der Waals surface area contributed by atoms with Crippen molar-refractivity contribution in [1.82, 2.24) is 4.98 Å². The topological polar surface area (TPSA) is 22.1 Å². The Morgan fingerprint density at radius 3 is 2.69 bits per heavy atom. The number of ether oxygens (including phenoxy) is 1. The molecule has 0 atom stereocenters. The number of aryl methyl sites for hydroxylation is 1. The summed E-state index contributed by atoms with van der Waals surface area (Å²) in [4.78, 5) is 3.89. The monoisotopic (exact) mass is 217 g/mol. The molecule has 0 fully saturated rings. The number of pyridine rings is 1. The molecular formula is C13H12FNO. The number of hydrogen-bond donors (Lipinski definition) is 0. The molecule has 0 N–H and O–H groups in total. The molecule has 2 rings (SSSR count). The molecule has 0 aliphatic rings. The Labute approximate surface area is 93.7 Å². The summed E-state index contributed by atoms with van der Waals surface area (Å²) in [5.41, 5.74) is 1.49. The van der Waals surface area contributed by atoms with E-state index in [-0.39, 0.29) is 11.6 Å². The second kappa shape index (κ2) is 4.75. The van der Waals surface area contributed by atoms with E-state index in [0.29, 0.717) is 12.2 Å². The lowest BCUT2D eigenvalue weighted by atomic mass is 10.2. The second-order valence-electron chi connectivity index (χ2n) is 3.54. The van der Waals surface area contributed by atoms with E-state index in [1.165, 1.54) is 12.4 Å². The van der Waals surface area contributed by atoms with Gasteiger partial charge in [-0.2, -0.15) is 0 Å². The summed E-state index contributed by atoms with van der Waals surface area (Å²) in [6.45, 7) is 2.01. The van der Waals surface area contributed by atoms with Gasteiger partial charge < -0.3 is 4.74 Å². The van der Waals surface area contributed by atoms with Crippen LogP contribution in [-0.2, 0) is 6.61 Å². The zero-order chi connectivity index (χ0) is 11.4. The highest BCUT2D eigenvalue weighted by Crippen LogP contribution is 2.19. The predicted molar refractivity (Wildman–Crippen MR) is 59.7 cm³/mol. The molecule has 0 amide bonds. The maximum absolute atomic E-state index is 13.5. The fraction of sp³-hybridized carbons (Fsp3) is 0.154. The van der Waals surface area contributed by atoms with Gasteiger partial charge >= 0.3 is 0 Å². The molecule has 0 radical (unpaired) electrons. The summed E-state index contributed by atoms with van der Waals surface area (Å²) in [6, 6.07) is 9.63. The van der Waals surface area contributed by atoms with Gasteiger partial charge in [0.1, 0.15) is 6.61 Å². The molecule has 0 aliphatic carbocycles. The minimum atomic E-state index is -0.342. The highest BCUT2D eigenvalue weighted by molar-refractivity contribution is 5.26. The van der Waals surface area contributed by atoms with Crippen molar-refractivity contribution in [2.24, 2.45) is 0 Å². The molecule has 1 aromatic carbocycles. The first kappa shape index (κ1) is 10.6. The predicted octanol–water partition coefficient (Wildman–Crippen LogP) is 3.11. The van der Waals surface area contributed by atoms with Crippen molar-refractivity contribution in [3.8, 4) is 5.75 Å². The van der Waals surface area contributed by atoms with Gasteiger partial charge in [-0.25, -0.2) is 4.39 Å². The fourth-order valence-corrected chi connectivity index (χ4v) is 1.36. The standard InChI is InChI=1S/C13H12FNO/c1-10-7-15-8-12(13(10)14)16-9-11-5-3-2-4-6-11/h2-8H,9H2,1H3. The van der Waals surface area contributed by atoms with E-state index >= 15 is 0 Å². The summed E-state index contributed by atoms with van der Waals surface area (Å²) in [6.07, 6.45) is 2.87. The summed E-state index contributed by atoms with van der Waals surface area (Å²) >= 11 is 0. The Morgan fingerprint density at radius 1 is 1.19 bits per heavy atom. The zero-order valence-corrected chi connectivity index (χ0v) is 8.98. The van der Waals surface area contributed by atoms with Crippen molar-refractivity contribution >= 4 is 0 Å². The minimum absolute atomic E-state index is 0.198. The molecular weight excluding hydrogens is 205 g/mol. The summed E-state index contributed by atoms with van der Waals surface area (Å²) in [5, 5.41) is 0. The second-order valence-corrected chi connectivity index (χ2v) is 3.54. The number of benzene rings is 1. The van der Waals surface area contributed by atoms with Crippen molar-refractivity contribution in [1.29, 1.82) is 0 Å². The molecule has 1 aromatic heterocycles. The Bertz CT molecular complexity index is 471. The van der Waals surface area contributed by atoms with Crippen molar-refractivity contribution in [3.05, 3.63) is 59.7 Å². The van der Waals surface area contributed by atoms with Crippen molar-refractivity contribution in [2.45, 2.75) is 13.5 Å². The lowest BCUT2D eigenvalue weighted by Crippen LogP contribution is -1.99. The van der Waals surface area contributed by atoms with Gasteiger partial charge in [-0.15, -0.1) is 0 Å². The molecule has 16 heavy (non-hydrogen) atoms. The van der Waals surface area contributed by atoms with Crippen LogP contribution in [0.15, 0.2) is 42.7 Å². The van der Waals surface area contributed by atoms with E-state index in [1.54, 1.807) is 6.92 Å². The van der Waals surface area contributed by atoms with Crippen LogP contribution in [0.3, 0.4) is 0 Å². The maximum atomic E-state index is 13.5. The van der Waals surface area contributed by atoms with Gasteiger partial charge in [-0.05, 0) is 12.5 Å². The van der Waals surface area contributed by atoms with Crippen LogP contribution in [-0.4, -0.2) is 4.98 Å². The van der Waals surface area contributed by atoms with Crippen LogP contribution in [0.4, 0.5) is 4.39 Å². The average molecular weight is 217 g/mol. The van der Waals surface area contributed by atoms with Crippen LogP contribution < -0.4 is 4.74 Å². The lowest BCUT2D eigenvalue weighted by molar-refractivity contribution is 0.288. The Morgan fingerprint density at radius 2 is 1.94 bits per heavy atom. The van der Waals surface area contributed by atoms with E-state index in [0.717, 1.165) is 5.56 Å². The first-order chi connectivity index (χ1) is 7.77. The summed E-state index contributed by atoms with van der Waals surface area (Å²) < 4.78 is 18.9. The number of hydrogen-bond acceptors (Lipinski definition) is 2. The van der Waals surface area contributed by atoms with Gasteiger partial charge in [0.25, 0.3) is 0 Å². The molecule has 0 aliphatic heterocycles. The average Bonchev–Trinajstić information content (AvgIpc) is 2.32. The van der Waals surface area contributed by atoms with Gasteiger partial charge in [-0.3, -0.25) is 4.98 Å². The maximum Gasteiger partial charge on any atom is 0.173 e. The first-order valence-electron chi connectivity index (χ1n) is 5.04. The molecule has 0 spiro atoms. The Balaban J connectivity index is 2.08. The highest BCUT2D eigenvalue weighted by Gasteiger charge is 2.06. The number of halogens is 1. The van der Waals surface area contributed by atoms with Crippen molar-refractivity contribution in [3.63, 3.8) is 0 Å². The normalized spacial score (nSPS) is 10.1. The molecule has 0 unspecified atom stereocenters. The smallest absolute Gasteiger partial charge is 0.173 e. The third-order valence-corrected chi connectivity index (χ3v) is 2.26. The van der Waals surface area contributed by atoms with E-state index in [4.69, 9.17) is 4.74 Å². The largest absolute Gasteiger partial charge is 0.484 e. The third-order valence-electron chi connectivity index (χ3n) is 2.26. The number of rotatable bonds is 3. The third kappa shape index (κ3) is 2.37. The Hall–Kier alpha value is -1.90. The van der Waals surface area contributed by atoms with E-state index in [9.17, 15) is 4.39 Å². The summed E-state index contributed by atoms with van der Waals surface area (Å²) in [5.74, 6) is -0.144. The van der Waals surface area contributed by atoms with Gasteiger partial charge in [0, 0.05) is 11.8 Å². The van der Waals surface area contributed by atoms with Crippen LogP contribution in [0, 0.1) is 12.7 Å². The number of aromatic nitrogens is 1. The quantitative estimate of drug-likeness (QED) is 0.788. The highest BCUT2D eigenvalue weighted by atomic mass is 19.1. The molecule has 0 saturated carbocycles. The minimum Gasteiger partial charge on any atom is -0.484 e. The fourth-order valence-electron chi connectivity index (χ4n) is 1.36. The molecule has 0 saturated heterocycles. The lowest BCUT2D eigenvalue weighted by Gasteiger charge is -2.07. The van der Waals surface area contributed by atoms with E-state index in [1.807, 2.05) is 30.3 Å². The molecule has 1 heterocycles. The van der Waals surface area contributed by atoms with E-state index in [2.05, 4.69) is 4.98 Å². The van der Waals surface area contributed by atoms with Crippen LogP contribution in [0.5, 0.6) is 5.75 Å². The molecule has 3 heteroatoms. The van der Waals surface area contributed by atoms with Crippen molar-refractivity contribution < 1.29 is 9.13 Å². The van der Waals surface area contributed by atoms with Crippen LogP contribution >= 0.6 is 0 Å². The summed E-state index contributed by atoms with van der Waals surface area (Å²) in [7, 11) is 0. The Kier molecular flexibility index (Phi) is 3.15. The van der Waals surface area contributed by atoms with Crippen LogP contribution in [0.2, 0.25) is 0 Å². The van der Waals surface area contributed by atoms with Gasteiger partial charge in [0.15, 0.2) is 11.6 Å². The molecule has 0 bridgehead atoms. The van der Waals surface area contributed by atoms with Crippen LogP contribution in [0.1, 0.15) is 11.1 Å². The molecule has 2 nitrogen and oxygen atoms in total. The molecule has 82 valence electrons. The van der Waals surface area contributed by atoms with Crippen molar-refractivity contribution in [2.75, 3.05) is 0 Å². The van der Waals surface area contributed by atoms with Gasteiger partial charge in [0.2, 0.25) is 0 Å². The zero-order valence-electron chi connectivity index (χ0n) is 8.98. The van der Waals surface area contributed by atoms with Crippen LogP contribution in [0.25, 0.3) is 0 Å².